The Bertz CT molecular complexity index is 220. The zero-order chi connectivity index (χ0) is 10.4. The fraction of sp³-hybridized carbons (Fsp3) is 0.700. The van der Waals surface area contributed by atoms with E-state index in [9.17, 15) is 4.79 Å². The molecular weight excluding hydrogens is 216 g/mol. The SMILES string of the molecule is CCOC(=O)C(C)=CC1SCCCS1. The Balaban J connectivity index is 2.44. The molecule has 0 aromatic heterocycles. The van der Waals surface area contributed by atoms with Gasteiger partial charge in [-0.15, -0.1) is 23.5 Å². The van der Waals surface area contributed by atoms with Crippen LogP contribution in [0.1, 0.15) is 20.3 Å². The Kier molecular flexibility index (Phi) is 5.48. The van der Waals surface area contributed by atoms with Gasteiger partial charge in [-0.3, -0.25) is 0 Å². The van der Waals surface area contributed by atoms with E-state index in [0.29, 0.717) is 11.2 Å². The van der Waals surface area contributed by atoms with Crippen LogP contribution in [0.15, 0.2) is 11.6 Å². The first-order valence-electron chi connectivity index (χ1n) is 4.82. The maximum Gasteiger partial charge on any atom is 0.333 e. The van der Waals surface area contributed by atoms with E-state index in [1.165, 1.54) is 17.9 Å². The number of carbonyl (C=O) groups excluding carboxylic acids is 1. The summed E-state index contributed by atoms with van der Waals surface area (Å²) in [7, 11) is 0. The minimum Gasteiger partial charge on any atom is -0.463 e. The molecule has 0 bridgehead atoms. The van der Waals surface area contributed by atoms with E-state index in [1.807, 2.05) is 43.4 Å². The van der Waals surface area contributed by atoms with Crippen LogP contribution >= 0.6 is 23.5 Å². The number of thioether (sulfide) groups is 2. The van der Waals surface area contributed by atoms with Gasteiger partial charge in [-0.1, -0.05) is 6.08 Å². The summed E-state index contributed by atoms with van der Waals surface area (Å²) in [6.07, 6.45) is 3.30. The molecule has 1 rings (SSSR count). The number of rotatable bonds is 3. The molecule has 0 aromatic carbocycles. The van der Waals surface area contributed by atoms with Gasteiger partial charge in [0.2, 0.25) is 0 Å². The Morgan fingerprint density at radius 2 is 2.14 bits per heavy atom. The molecule has 1 fully saturated rings. The van der Waals surface area contributed by atoms with Crippen LogP contribution < -0.4 is 0 Å². The fourth-order valence-electron chi connectivity index (χ4n) is 1.12. The molecule has 14 heavy (non-hydrogen) atoms. The third kappa shape index (κ3) is 3.96. The number of ether oxygens (including phenoxy) is 1. The summed E-state index contributed by atoms with van der Waals surface area (Å²) in [5.74, 6) is 2.22. The van der Waals surface area contributed by atoms with Gasteiger partial charge in [-0.2, -0.15) is 0 Å². The molecule has 0 saturated carbocycles. The predicted molar refractivity (Wildman–Crippen MR) is 63.7 cm³/mol. The molecule has 80 valence electrons. The minimum atomic E-state index is -0.181. The lowest BCUT2D eigenvalue weighted by Crippen LogP contribution is -2.09. The maximum atomic E-state index is 11.3. The highest BCUT2D eigenvalue weighted by Crippen LogP contribution is 2.32. The van der Waals surface area contributed by atoms with Gasteiger partial charge in [0.25, 0.3) is 0 Å². The van der Waals surface area contributed by atoms with Crippen LogP contribution in [-0.2, 0) is 9.53 Å². The Morgan fingerprint density at radius 1 is 1.50 bits per heavy atom. The monoisotopic (exact) mass is 232 g/mol. The van der Waals surface area contributed by atoms with Crippen molar-refractivity contribution < 1.29 is 9.53 Å². The van der Waals surface area contributed by atoms with Gasteiger partial charge < -0.3 is 4.74 Å². The van der Waals surface area contributed by atoms with Crippen LogP contribution in [0.25, 0.3) is 0 Å². The van der Waals surface area contributed by atoms with Crippen molar-refractivity contribution in [3.63, 3.8) is 0 Å². The molecule has 0 aromatic rings. The molecule has 4 heteroatoms. The highest BCUT2D eigenvalue weighted by molar-refractivity contribution is 8.17. The van der Waals surface area contributed by atoms with Crippen LogP contribution in [0.5, 0.6) is 0 Å². The minimum absolute atomic E-state index is 0.181. The molecule has 0 spiro atoms. The number of carbonyl (C=O) groups is 1. The van der Waals surface area contributed by atoms with Gasteiger partial charge in [0, 0.05) is 5.57 Å². The quantitative estimate of drug-likeness (QED) is 0.552. The molecule has 1 heterocycles. The van der Waals surface area contributed by atoms with E-state index in [0.717, 1.165) is 5.57 Å². The number of esters is 1. The third-order valence-electron chi connectivity index (χ3n) is 1.84. The van der Waals surface area contributed by atoms with Crippen molar-refractivity contribution in [1.82, 2.24) is 0 Å². The highest BCUT2D eigenvalue weighted by Gasteiger charge is 2.14. The van der Waals surface area contributed by atoms with Gasteiger partial charge >= 0.3 is 5.97 Å². The highest BCUT2D eigenvalue weighted by atomic mass is 32.2. The first kappa shape index (κ1) is 12.0. The summed E-state index contributed by atoms with van der Waals surface area (Å²) >= 11 is 3.81. The number of hydrogen-bond donors (Lipinski definition) is 0. The van der Waals surface area contributed by atoms with Crippen molar-refractivity contribution >= 4 is 29.5 Å². The second-order valence-corrected chi connectivity index (χ2v) is 5.83. The van der Waals surface area contributed by atoms with Crippen LogP contribution in [-0.4, -0.2) is 28.7 Å². The maximum absolute atomic E-state index is 11.3. The summed E-state index contributed by atoms with van der Waals surface area (Å²) < 4.78 is 5.36. The molecule has 1 saturated heterocycles. The van der Waals surface area contributed by atoms with Gasteiger partial charge in [0.15, 0.2) is 0 Å². The average molecular weight is 232 g/mol. The predicted octanol–water partition coefficient (Wildman–Crippen LogP) is 2.69. The molecule has 2 nitrogen and oxygen atoms in total. The van der Waals surface area contributed by atoms with Crippen molar-refractivity contribution in [2.75, 3.05) is 18.1 Å². The van der Waals surface area contributed by atoms with Crippen LogP contribution in [0.2, 0.25) is 0 Å². The first-order valence-corrected chi connectivity index (χ1v) is 6.92. The third-order valence-corrected chi connectivity index (χ3v) is 4.63. The van der Waals surface area contributed by atoms with E-state index in [2.05, 4.69) is 0 Å². The molecule has 0 unspecified atom stereocenters. The van der Waals surface area contributed by atoms with Gasteiger partial charge in [-0.25, -0.2) is 4.79 Å². The lowest BCUT2D eigenvalue weighted by Gasteiger charge is -2.17. The van der Waals surface area contributed by atoms with E-state index in [4.69, 9.17) is 4.74 Å². The summed E-state index contributed by atoms with van der Waals surface area (Å²) in [6, 6.07) is 0. The molecule has 0 amide bonds. The Morgan fingerprint density at radius 3 is 2.71 bits per heavy atom. The number of hydrogen-bond acceptors (Lipinski definition) is 4. The fourth-order valence-corrected chi connectivity index (χ4v) is 3.95. The lowest BCUT2D eigenvalue weighted by molar-refractivity contribution is -0.138. The van der Waals surface area contributed by atoms with Crippen LogP contribution in [0.3, 0.4) is 0 Å². The summed E-state index contributed by atoms with van der Waals surface area (Å²) in [6.45, 7) is 4.11. The topological polar surface area (TPSA) is 26.3 Å². The van der Waals surface area contributed by atoms with E-state index in [1.54, 1.807) is 0 Å². The average Bonchev–Trinajstić information content (AvgIpc) is 2.19. The van der Waals surface area contributed by atoms with Gasteiger partial charge in [-0.05, 0) is 31.8 Å². The molecule has 1 aliphatic rings. The standard InChI is InChI=1S/C10H16O2S2/c1-3-12-10(11)8(2)7-9-13-5-4-6-14-9/h7,9H,3-6H2,1-2H3. The molecule has 0 atom stereocenters. The van der Waals surface area contributed by atoms with Gasteiger partial charge in [0.1, 0.15) is 0 Å². The Labute approximate surface area is 93.8 Å². The Hall–Kier alpha value is -0.0900. The van der Waals surface area contributed by atoms with Crippen molar-refractivity contribution in [1.29, 1.82) is 0 Å². The van der Waals surface area contributed by atoms with Crippen molar-refractivity contribution in [3.05, 3.63) is 11.6 Å². The van der Waals surface area contributed by atoms with Crippen molar-refractivity contribution in [3.8, 4) is 0 Å². The first-order chi connectivity index (χ1) is 6.74. The second-order valence-electron chi connectivity index (χ2n) is 3.03. The largest absolute Gasteiger partial charge is 0.463 e. The van der Waals surface area contributed by atoms with E-state index in [-0.39, 0.29) is 5.97 Å². The summed E-state index contributed by atoms with van der Waals surface area (Å²) in [4.78, 5) is 11.3. The molecular formula is C10H16O2S2. The van der Waals surface area contributed by atoms with E-state index < -0.39 is 0 Å². The van der Waals surface area contributed by atoms with Crippen LogP contribution in [0.4, 0.5) is 0 Å². The van der Waals surface area contributed by atoms with Crippen LogP contribution in [0, 0.1) is 0 Å². The smallest absolute Gasteiger partial charge is 0.333 e. The van der Waals surface area contributed by atoms with E-state index >= 15 is 0 Å². The zero-order valence-electron chi connectivity index (χ0n) is 8.62. The van der Waals surface area contributed by atoms with Gasteiger partial charge in [0.05, 0.1) is 11.2 Å². The normalized spacial score (nSPS) is 19.4. The summed E-state index contributed by atoms with van der Waals surface area (Å²) in [5, 5.41) is 0. The molecule has 0 N–H and O–H groups in total. The molecule has 0 radical (unpaired) electrons. The summed E-state index contributed by atoms with van der Waals surface area (Å²) in [5.41, 5.74) is 0.735. The lowest BCUT2D eigenvalue weighted by atomic mass is 10.3. The van der Waals surface area contributed by atoms with Crippen molar-refractivity contribution in [2.45, 2.75) is 24.9 Å². The van der Waals surface area contributed by atoms with Crippen molar-refractivity contribution in [2.24, 2.45) is 0 Å². The second kappa shape index (κ2) is 6.40. The zero-order valence-corrected chi connectivity index (χ0v) is 10.2. The molecule has 0 aliphatic carbocycles. The molecule has 1 aliphatic heterocycles.